The Morgan fingerprint density at radius 1 is 1.47 bits per heavy atom. The molecule has 1 fully saturated rings. The number of aryl methyl sites for hydroxylation is 1. The van der Waals surface area contributed by atoms with Crippen molar-refractivity contribution in [1.82, 2.24) is 5.32 Å². The summed E-state index contributed by atoms with van der Waals surface area (Å²) in [5, 5.41) is 9.85. The number of carbonyl (C=O) groups is 2. The van der Waals surface area contributed by atoms with Crippen LogP contribution in [0.4, 0.5) is 0 Å². The first-order chi connectivity index (χ1) is 8.19. The molecular weight excluding hydrogens is 218 g/mol. The minimum Gasteiger partial charge on any atom is -0.483 e. The van der Waals surface area contributed by atoms with Gasteiger partial charge in [0, 0.05) is 12.5 Å². The van der Waals surface area contributed by atoms with Gasteiger partial charge < -0.3 is 10.4 Å². The molecule has 1 aromatic rings. The SMILES string of the molecule is Cc1ccccc1CNC(=O)C1CC1.O=CO. The summed E-state index contributed by atoms with van der Waals surface area (Å²) < 4.78 is 0. The molecule has 4 heteroatoms. The van der Waals surface area contributed by atoms with E-state index in [4.69, 9.17) is 9.90 Å². The molecule has 2 rings (SSSR count). The number of nitrogens with one attached hydrogen (secondary N) is 1. The van der Waals surface area contributed by atoms with Crippen LogP contribution >= 0.6 is 0 Å². The molecule has 2 N–H and O–H groups in total. The Labute approximate surface area is 101 Å². The summed E-state index contributed by atoms with van der Waals surface area (Å²) in [6, 6.07) is 8.15. The molecule has 92 valence electrons. The van der Waals surface area contributed by atoms with Gasteiger partial charge in [0.05, 0.1) is 0 Å². The summed E-state index contributed by atoms with van der Waals surface area (Å²) in [6.45, 7) is 2.49. The van der Waals surface area contributed by atoms with Crippen molar-refractivity contribution in [2.24, 2.45) is 5.92 Å². The number of carboxylic acid groups (broad SMARTS) is 1. The lowest BCUT2D eigenvalue weighted by atomic mass is 10.1. The standard InChI is InChI=1S/C12H15NO.CH2O2/c1-9-4-2-3-5-11(9)8-13-12(14)10-6-7-10;2-1-3/h2-5,10H,6-8H2,1H3,(H,13,14);1H,(H,2,3). The summed E-state index contributed by atoms with van der Waals surface area (Å²) in [6.07, 6.45) is 2.14. The highest BCUT2D eigenvalue weighted by atomic mass is 16.3. The van der Waals surface area contributed by atoms with Crippen LogP contribution in [-0.4, -0.2) is 17.5 Å². The van der Waals surface area contributed by atoms with Gasteiger partial charge in [0.25, 0.3) is 6.47 Å². The van der Waals surface area contributed by atoms with E-state index in [1.54, 1.807) is 0 Å². The van der Waals surface area contributed by atoms with E-state index in [0.29, 0.717) is 12.5 Å². The molecule has 1 saturated carbocycles. The number of carbonyl (C=O) groups excluding carboxylic acids is 1. The first kappa shape index (κ1) is 13.2. The van der Waals surface area contributed by atoms with Gasteiger partial charge in [-0.3, -0.25) is 9.59 Å². The van der Waals surface area contributed by atoms with Crippen LogP contribution in [0.2, 0.25) is 0 Å². The molecular formula is C13H17NO3. The third-order valence-electron chi connectivity index (χ3n) is 2.66. The van der Waals surface area contributed by atoms with E-state index in [1.165, 1.54) is 11.1 Å². The van der Waals surface area contributed by atoms with Gasteiger partial charge in [0.15, 0.2) is 0 Å². The molecule has 0 unspecified atom stereocenters. The van der Waals surface area contributed by atoms with Gasteiger partial charge >= 0.3 is 0 Å². The highest BCUT2D eigenvalue weighted by molar-refractivity contribution is 5.80. The van der Waals surface area contributed by atoms with Gasteiger partial charge in [-0.2, -0.15) is 0 Å². The van der Waals surface area contributed by atoms with E-state index in [-0.39, 0.29) is 12.4 Å². The lowest BCUT2D eigenvalue weighted by Gasteiger charge is -2.06. The highest BCUT2D eigenvalue weighted by Crippen LogP contribution is 2.28. The van der Waals surface area contributed by atoms with Gasteiger partial charge in [-0.1, -0.05) is 24.3 Å². The average Bonchev–Trinajstić information content (AvgIpc) is 3.12. The van der Waals surface area contributed by atoms with E-state index >= 15 is 0 Å². The molecule has 1 amide bonds. The van der Waals surface area contributed by atoms with Crippen LogP contribution in [0.1, 0.15) is 24.0 Å². The van der Waals surface area contributed by atoms with Crippen molar-refractivity contribution < 1.29 is 14.7 Å². The normalized spacial score (nSPS) is 13.2. The Morgan fingerprint density at radius 2 is 2.06 bits per heavy atom. The Morgan fingerprint density at radius 3 is 2.59 bits per heavy atom. The molecule has 0 radical (unpaired) electrons. The minimum atomic E-state index is -0.250. The van der Waals surface area contributed by atoms with Crippen LogP contribution in [0, 0.1) is 12.8 Å². The molecule has 4 nitrogen and oxygen atoms in total. The van der Waals surface area contributed by atoms with Gasteiger partial charge in [-0.05, 0) is 30.9 Å². The van der Waals surface area contributed by atoms with Crippen LogP contribution in [0.15, 0.2) is 24.3 Å². The van der Waals surface area contributed by atoms with E-state index in [9.17, 15) is 4.79 Å². The molecule has 17 heavy (non-hydrogen) atoms. The van der Waals surface area contributed by atoms with Crippen LogP contribution in [-0.2, 0) is 16.1 Å². The third kappa shape index (κ3) is 4.68. The zero-order chi connectivity index (χ0) is 12.7. The van der Waals surface area contributed by atoms with Crippen molar-refractivity contribution >= 4 is 12.4 Å². The van der Waals surface area contributed by atoms with Crippen molar-refractivity contribution in [1.29, 1.82) is 0 Å². The van der Waals surface area contributed by atoms with Gasteiger partial charge in [-0.15, -0.1) is 0 Å². The fourth-order valence-electron chi connectivity index (χ4n) is 1.48. The fourth-order valence-corrected chi connectivity index (χ4v) is 1.48. The van der Waals surface area contributed by atoms with Crippen LogP contribution in [0.3, 0.4) is 0 Å². The van der Waals surface area contributed by atoms with E-state index in [0.717, 1.165) is 12.8 Å². The zero-order valence-electron chi connectivity index (χ0n) is 9.85. The zero-order valence-corrected chi connectivity index (χ0v) is 9.85. The molecule has 1 aliphatic carbocycles. The predicted molar refractivity (Wildman–Crippen MR) is 64.4 cm³/mol. The van der Waals surface area contributed by atoms with Crippen LogP contribution in [0.25, 0.3) is 0 Å². The Bertz CT molecular complexity index is 386. The number of amides is 1. The van der Waals surface area contributed by atoms with Gasteiger partial charge in [0.1, 0.15) is 0 Å². The Balaban J connectivity index is 0.000000437. The second-order valence-electron chi connectivity index (χ2n) is 4.02. The summed E-state index contributed by atoms with van der Waals surface area (Å²) in [5.41, 5.74) is 2.45. The highest BCUT2D eigenvalue weighted by Gasteiger charge is 2.29. The first-order valence-electron chi connectivity index (χ1n) is 5.59. The smallest absolute Gasteiger partial charge is 0.290 e. The third-order valence-corrected chi connectivity index (χ3v) is 2.66. The predicted octanol–water partition coefficient (Wildman–Crippen LogP) is 1.72. The summed E-state index contributed by atoms with van der Waals surface area (Å²) in [5.74, 6) is 0.521. The lowest BCUT2D eigenvalue weighted by molar-refractivity contribution is -0.123. The topological polar surface area (TPSA) is 66.4 Å². The minimum absolute atomic E-state index is 0.216. The van der Waals surface area contributed by atoms with Crippen molar-refractivity contribution in [2.45, 2.75) is 26.3 Å². The molecule has 0 saturated heterocycles. The number of hydrogen-bond donors (Lipinski definition) is 2. The summed E-state index contributed by atoms with van der Waals surface area (Å²) >= 11 is 0. The van der Waals surface area contributed by atoms with Gasteiger partial charge in [-0.25, -0.2) is 0 Å². The monoisotopic (exact) mass is 235 g/mol. The van der Waals surface area contributed by atoms with Crippen LogP contribution < -0.4 is 5.32 Å². The number of rotatable bonds is 3. The average molecular weight is 235 g/mol. The van der Waals surface area contributed by atoms with E-state index < -0.39 is 0 Å². The summed E-state index contributed by atoms with van der Waals surface area (Å²) in [7, 11) is 0. The first-order valence-corrected chi connectivity index (χ1v) is 5.59. The maximum atomic E-state index is 11.4. The van der Waals surface area contributed by atoms with Crippen molar-refractivity contribution in [3.05, 3.63) is 35.4 Å². The molecule has 0 spiro atoms. The number of hydrogen-bond acceptors (Lipinski definition) is 2. The van der Waals surface area contributed by atoms with Crippen LogP contribution in [0.5, 0.6) is 0 Å². The largest absolute Gasteiger partial charge is 0.483 e. The molecule has 1 aliphatic rings. The number of benzene rings is 1. The fraction of sp³-hybridized carbons (Fsp3) is 0.385. The van der Waals surface area contributed by atoms with Crippen molar-refractivity contribution in [3.63, 3.8) is 0 Å². The van der Waals surface area contributed by atoms with Crippen molar-refractivity contribution in [3.8, 4) is 0 Å². The maximum Gasteiger partial charge on any atom is 0.290 e. The van der Waals surface area contributed by atoms with E-state index in [2.05, 4.69) is 24.4 Å². The second-order valence-corrected chi connectivity index (χ2v) is 4.02. The second kappa shape index (κ2) is 6.68. The molecule has 0 bridgehead atoms. The molecule has 1 aromatic carbocycles. The molecule has 0 atom stereocenters. The Kier molecular flexibility index (Phi) is 5.20. The Hall–Kier alpha value is -1.84. The molecule has 0 heterocycles. The quantitative estimate of drug-likeness (QED) is 0.784. The van der Waals surface area contributed by atoms with Crippen molar-refractivity contribution in [2.75, 3.05) is 0 Å². The summed E-state index contributed by atoms with van der Waals surface area (Å²) in [4.78, 5) is 19.7. The molecule has 0 aromatic heterocycles. The van der Waals surface area contributed by atoms with E-state index in [1.807, 2.05) is 12.1 Å². The maximum absolute atomic E-state index is 11.4. The lowest BCUT2D eigenvalue weighted by Crippen LogP contribution is -2.24. The van der Waals surface area contributed by atoms with Gasteiger partial charge in [0.2, 0.25) is 5.91 Å². The molecule has 0 aliphatic heterocycles.